The van der Waals surface area contributed by atoms with Gasteiger partial charge in [-0.1, -0.05) is 0 Å². The number of hydrogen-bond donors (Lipinski definition) is 1. The lowest BCUT2D eigenvalue weighted by Crippen LogP contribution is -2.40. The Labute approximate surface area is 119 Å². The molecule has 0 bridgehead atoms. The van der Waals surface area contributed by atoms with Crippen molar-refractivity contribution in [3.05, 3.63) is 29.8 Å². The van der Waals surface area contributed by atoms with Crippen LogP contribution in [0.5, 0.6) is 5.75 Å². The van der Waals surface area contributed by atoms with E-state index in [4.69, 9.17) is 15.1 Å². The summed E-state index contributed by atoms with van der Waals surface area (Å²) in [5.41, 5.74) is 0.437. The number of carboxylic acids is 1. The standard InChI is InChI=1S/C13H13F3N2O3/c14-13(15,16)9-18(8-12(19)20)5-6-21-11-3-1-10(7-17)2-4-11/h1-4H,5-6,8-9H2,(H,19,20). The van der Waals surface area contributed by atoms with Crippen LogP contribution in [0.4, 0.5) is 13.2 Å². The normalized spacial score (nSPS) is 11.2. The highest BCUT2D eigenvalue weighted by Crippen LogP contribution is 2.16. The van der Waals surface area contributed by atoms with E-state index in [1.54, 1.807) is 0 Å². The lowest BCUT2D eigenvalue weighted by molar-refractivity contribution is -0.154. The van der Waals surface area contributed by atoms with Crippen LogP contribution in [0, 0.1) is 11.3 Å². The monoisotopic (exact) mass is 302 g/mol. The number of aliphatic carboxylic acids is 1. The van der Waals surface area contributed by atoms with Crippen LogP contribution in [0.3, 0.4) is 0 Å². The molecule has 1 aromatic rings. The van der Waals surface area contributed by atoms with Crippen molar-refractivity contribution in [1.82, 2.24) is 4.90 Å². The van der Waals surface area contributed by atoms with Crippen molar-refractivity contribution >= 4 is 5.97 Å². The molecule has 1 aromatic carbocycles. The van der Waals surface area contributed by atoms with Crippen molar-refractivity contribution in [3.63, 3.8) is 0 Å². The Morgan fingerprint density at radius 2 is 1.95 bits per heavy atom. The SMILES string of the molecule is N#Cc1ccc(OCCN(CC(=O)O)CC(F)(F)F)cc1. The zero-order valence-corrected chi connectivity index (χ0v) is 10.9. The summed E-state index contributed by atoms with van der Waals surface area (Å²) < 4.78 is 42.1. The number of hydrogen-bond acceptors (Lipinski definition) is 4. The van der Waals surface area contributed by atoms with Crippen LogP contribution >= 0.6 is 0 Å². The predicted molar refractivity (Wildman–Crippen MR) is 66.8 cm³/mol. The van der Waals surface area contributed by atoms with Crippen LogP contribution in [0.25, 0.3) is 0 Å². The molecule has 0 aromatic heterocycles. The fraction of sp³-hybridized carbons (Fsp3) is 0.385. The van der Waals surface area contributed by atoms with Crippen LogP contribution in [0.1, 0.15) is 5.56 Å². The minimum Gasteiger partial charge on any atom is -0.492 e. The zero-order chi connectivity index (χ0) is 15.9. The summed E-state index contributed by atoms with van der Waals surface area (Å²) in [6.07, 6.45) is -4.47. The maximum atomic E-state index is 12.3. The molecule has 0 aliphatic rings. The molecule has 0 spiro atoms. The van der Waals surface area contributed by atoms with Gasteiger partial charge < -0.3 is 9.84 Å². The maximum absolute atomic E-state index is 12.3. The summed E-state index contributed by atoms with van der Waals surface area (Å²) in [4.78, 5) is 11.3. The van der Waals surface area contributed by atoms with Crippen LogP contribution in [0.15, 0.2) is 24.3 Å². The molecule has 0 fully saturated rings. The number of ether oxygens (including phenoxy) is 1. The molecule has 0 saturated carbocycles. The molecule has 0 saturated heterocycles. The van der Waals surface area contributed by atoms with Gasteiger partial charge in [-0.2, -0.15) is 18.4 Å². The second-order valence-electron chi connectivity index (χ2n) is 4.20. The van der Waals surface area contributed by atoms with Crippen molar-refractivity contribution in [3.8, 4) is 11.8 Å². The molecule has 1 rings (SSSR count). The highest BCUT2D eigenvalue weighted by atomic mass is 19.4. The van der Waals surface area contributed by atoms with Gasteiger partial charge in [-0.3, -0.25) is 9.69 Å². The zero-order valence-electron chi connectivity index (χ0n) is 10.9. The van der Waals surface area contributed by atoms with Crippen LogP contribution in [-0.4, -0.2) is 48.4 Å². The number of carbonyl (C=O) groups is 1. The van der Waals surface area contributed by atoms with E-state index in [1.165, 1.54) is 24.3 Å². The molecule has 5 nitrogen and oxygen atoms in total. The Balaban J connectivity index is 2.48. The van der Waals surface area contributed by atoms with Gasteiger partial charge in [0.25, 0.3) is 0 Å². The van der Waals surface area contributed by atoms with Gasteiger partial charge in [-0.15, -0.1) is 0 Å². The van der Waals surface area contributed by atoms with Gasteiger partial charge in [0.1, 0.15) is 12.4 Å². The molecular weight excluding hydrogens is 289 g/mol. The molecular formula is C13H13F3N2O3. The van der Waals surface area contributed by atoms with Crippen molar-refractivity contribution in [2.24, 2.45) is 0 Å². The number of nitriles is 1. The van der Waals surface area contributed by atoms with Gasteiger partial charge in [-0.05, 0) is 24.3 Å². The quantitative estimate of drug-likeness (QED) is 0.832. The molecule has 1 N–H and O–H groups in total. The summed E-state index contributed by atoms with van der Waals surface area (Å²) in [7, 11) is 0. The highest BCUT2D eigenvalue weighted by molar-refractivity contribution is 5.69. The first-order chi connectivity index (χ1) is 9.80. The minimum absolute atomic E-state index is 0.0880. The van der Waals surface area contributed by atoms with Gasteiger partial charge in [-0.25, -0.2) is 0 Å². The maximum Gasteiger partial charge on any atom is 0.401 e. The summed E-state index contributed by atoms with van der Waals surface area (Å²) in [6, 6.07) is 7.99. The van der Waals surface area contributed by atoms with Gasteiger partial charge in [0.15, 0.2) is 0 Å². The topological polar surface area (TPSA) is 73.6 Å². The molecule has 0 aliphatic heterocycles. The molecule has 0 heterocycles. The molecule has 0 radical (unpaired) electrons. The summed E-state index contributed by atoms with van der Waals surface area (Å²) in [5, 5.41) is 17.2. The smallest absolute Gasteiger partial charge is 0.401 e. The molecule has 21 heavy (non-hydrogen) atoms. The minimum atomic E-state index is -4.47. The highest BCUT2D eigenvalue weighted by Gasteiger charge is 2.31. The third kappa shape index (κ3) is 7.17. The van der Waals surface area contributed by atoms with E-state index in [1.807, 2.05) is 6.07 Å². The average Bonchev–Trinajstić information content (AvgIpc) is 2.37. The lowest BCUT2D eigenvalue weighted by atomic mass is 10.2. The summed E-state index contributed by atoms with van der Waals surface area (Å²) in [6.45, 7) is -2.28. The van der Waals surface area contributed by atoms with E-state index in [0.29, 0.717) is 11.3 Å². The van der Waals surface area contributed by atoms with Gasteiger partial charge in [0, 0.05) is 6.54 Å². The largest absolute Gasteiger partial charge is 0.492 e. The van der Waals surface area contributed by atoms with Crippen molar-refractivity contribution in [2.45, 2.75) is 6.18 Å². The molecule has 0 atom stereocenters. The summed E-state index contributed by atoms with van der Waals surface area (Å²) >= 11 is 0. The third-order valence-electron chi connectivity index (χ3n) is 2.42. The van der Waals surface area contributed by atoms with Crippen molar-refractivity contribution < 1.29 is 27.8 Å². The van der Waals surface area contributed by atoms with E-state index in [9.17, 15) is 18.0 Å². The molecule has 8 heteroatoms. The van der Waals surface area contributed by atoms with Crippen molar-refractivity contribution in [1.29, 1.82) is 5.26 Å². The fourth-order valence-electron chi connectivity index (χ4n) is 1.58. The average molecular weight is 302 g/mol. The number of carboxylic acid groups (broad SMARTS) is 1. The van der Waals surface area contributed by atoms with Gasteiger partial charge in [0.2, 0.25) is 0 Å². The van der Waals surface area contributed by atoms with Crippen LogP contribution < -0.4 is 4.74 Å². The molecule has 0 unspecified atom stereocenters. The van der Waals surface area contributed by atoms with E-state index in [0.717, 1.165) is 4.90 Å². The predicted octanol–water partition coefficient (Wildman–Crippen LogP) is 1.89. The first-order valence-corrected chi connectivity index (χ1v) is 5.94. The number of benzene rings is 1. The number of nitrogens with zero attached hydrogens (tertiary/aromatic N) is 2. The van der Waals surface area contributed by atoms with Crippen LogP contribution in [-0.2, 0) is 4.79 Å². The van der Waals surface area contributed by atoms with E-state index < -0.39 is 25.2 Å². The lowest BCUT2D eigenvalue weighted by Gasteiger charge is -2.21. The number of rotatable bonds is 7. The Kier molecular flexibility index (Phi) is 5.99. The summed E-state index contributed by atoms with van der Waals surface area (Å²) in [5.74, 6) is -0.936. The molecule has 0 aliphatic carbocycles. The fourth-order valence-corrected chi connectivity index (χ4v) is 1.58. The second kappa shape index (κ2) is 7.50. The second-order valence-corrected chi connectivity index (χ2v) is 4.20. The van der Waals surface area contributed by atoms with Gasteiger partial charge in [0.05, 0.1) is 24.7 Å². The number of halogens is 3. The first kappa shape index (κ1) is 16.8. The Morgan fingerprint density at radius 1 is 1.33 bits per heavy atom. The van der Waals surface area contributed by atoms with Crippen molar-refractivity contribution in [2.75, 3.05) is 26.2 Å². The first-order valence-electron chi connectivity index (χ1n) is 5.94. The number of alkyl halides is 3. The molecule has 114 valence electrons. The third-order valence-corrected chi connectivity index (χ3v) is 2.42. The van der Waals surface area contributed by atoms with Crippen LogP contribution in [0.2, 0.25) is 0 Å². The van der Waals surface area contributed by atoms with E-state index >= 15 is 0 Å². The Morgan fingerprint density at radius 3 is 2.43 bits per heavy atom. The Bertz CT molecular complexity index is 509. The Hall–Kier alpha value is -2.27. The molecule has 0 amide bonds. The van der Waals surface area contributed by atoms with E-state index in [-0.39, 0.29) is 13.2 Å². The van der Waals surface area contributed by atoms with Gasteiger partial charge >= 0.3 is 12.1 Å². The van der Waals surface area contributed by atoms with E-state index in [2.05, 4.69) is 0 Å².